The van der Waals surface area contributed by atoms with Crippen LogP contribution in [0.5, 0.6) is 0 Å². The minimum Gasteiger partial charge on any atom is -0.456 e. The number of thiophene rings is 1. The quantitative estimate of drug-likeness (QED) is 0.124. The first-order valence-corrected chi connectivity index (χ1v) is 41.7. The average Bonchev–Trinajstić information content (AvgIpc) is 1.54. The van der Waals surface area contributed by atoms with Gasteiger partial charge < -0.3 is 22.4 Å². The summed E-state index contributed by atoms with van der Waals surface area (Å²) in [5, 5.41) is 17.4. The van der Waals surface area contributed by atoms with Crippen LogP contribution in [0.25, 0.3) is 264 Å². The molecule has 8 heterocycles. The van der Waals surface area contributed by atoms with Gasteiger partial charge in [-0.3, -0.25) is 0 Å². The van der Waals surface area contributed by atoms with E-state index in [9.17, 15) is 0 Å². The molecule has 0 N–H and O–H groups in total. The Balaban J connectivity index is 0.642. The molecule has 0 saturated heterocycles. The van der Waals surface area contributed by atoms with Crippen LogP contribution < -0.4 is 0 Å². The molecule has 8 aromatic heterocycles. The predicted octanol–water partition coefficient (Wildman–Crippen LogP) is 29.6. The molecule has 26 aromatic rings. The Morgan fingerprint density at radius 3 is 1.18 bits per heavy atom. The van der Waals surface area contributed by atoms with Crippen LogP contribution in [0.1, 0.15) is 0 Å². The largest absolute Gasteiger partial charge is 0.456 e. The second-order valence-electron chi connectivity index (χ2n) is 31.5. The number of aromatic nitrogens is 8. The molecule has 0 aliphatic heterocycles. The van der Waals surface area contributed by atoms with Crippen molar-refractivity contribution in [2.24, 2.45) is 0 Å². The zero-order chi connectivity index (χ0) is 79.8. The van der Waals surface area contributed by atoms with Crippen LogP contribution in [0.4, 0.5) is 0 Å². The summed E-state index contributed by atoms with van der Waals surface area (Å²) in [6.07, 6.45) is 0. The van der Waals surface area contributed by atoms with Crippen LogP contribution >= 0.6 is 11.3 Å². The number of benzene rings is 18. The topological polar surface area (TPSA) is 127 Å². The van der Waals surface area contributed by atoms with E-state index in [1.54, 1.807) is 11.3 Å². The van der Waals surface area contributed by atoms with Crippen molar-refractivity contribution in [1.82, 2.24) is 39.0 Å². The molecule has 0 unspecified atom stereocenters. The molecule has 12 heteroatoms. The van der Waals surface area contributed by atoms with Crippen molar-refractivity contribution in [1.29, 1.82) is 0 Å². The number of furan rings is 3. The third-order valence-electron chi connectivity index (χ3n) is 24.6. The minimum absolute atomic E-state index is 0.479. The van der Waals surface area contributed by atoms with Crippen molar-refractivity contribution >= 4 is 162 Å². The highest BCUT2D eigenvalue weighted by Gasteiger charge is 2.29. The second kappa shape index (κ2) is 26.6. The maximum atomic E-state index is 7.47. The summed E-state index contributed by atoms with van der Waals surface area (Å²) in [6, 6.07) is 133. The molecule has 26 rings (SSSR count). The van der Waals surface area contributed by atoms with Crippen LogP contribution in [0, 0.1) is 0 Å². The first-order chi connectivity index (χ1) is 60.4. The zero-order valence-electron chi connectivity index (χ0n) is 65.0. The second-order valence-corrected chi connectivity index (χ2v) is 32.6. The van der Waals surface area contributed by atoms with Gasteiger partial charge in [0.2, 0.25) is 0 Å². The summed E-state index contributed by atoms with van der Waals surface area (Å²) >= 11 is 1.76. The summed E-state index contributed by atoms with van der Waals surface area (Å²) < 4.78 is 28.2. The summed E-state index contributed by atoms with van der Waals surface area (Å²) in [6.45, 7) is 0. The fourth-order valence-electron chi connectivity index (χ4n) is 18.9. The molecule has 0 saturated carbocycles. The first kappa shape index (κ1) is 67.8. The number of para-hydroxylation sites is 4. The number of fused-ring (bicyclic) bond motifs is 20. The monoisotopic (exact) mass is 1570 g/mol. The number of hydrogen-bond donors (Lipinski definition) is 0. The maximum Gasteiger partial charge on any atom is 0.166 e. The Bertz CT molecular complexity index is 8950. The molecular formula is C110H62N8O3S. The highest BCUT2D eigenvalue weighted by molar-refractivity contribution is 7.26. The van der Waals surface area contributed by atoms with E-state index in [1.807, 2.05) is 36.4 Å². The van der Waals surface area contributed by atoms with Crippen molar-refractivity contribution in [3.63, 3.8) is 0 Å². The van der Waals surface area contributed by atoms with E-state index in [1.165, 1.54) is 10.1 Å². The van der Waals surface area contributed by atoms with Crippen molar-refractivity contribution < 1.29 is 13.3 Å². The van der Waals surface area contributed by atoms with E-state index in [0.717, 1.165) is 214 Å². The van der Waals surface area contributed by atoms with Crippen molar-refractivity contribution in [3.8, 4) is 113 Å². The highest BCUT2D eigenvalue weighted by atomic mass is 32.1. The fraction of sp³-hybridized carbons (Fsp3) is 0. The Kier molecular flexibility index (Phi) is 14.8. The van der Waals surface area contributed by atoms with Gasteiger partial charge in [-0.05, 0) is 182 Å². The average molecular weight is 1580 g/mol. The van der Waals surface area contributed by atoms with Gasteiger partial charge in [0.05, 0.1) is 22.1 Å². The highest BCUT2D eigenvalue weighted by Crippen LogP contribution is 2.49. The van der Waals surface area contributed by atoms with E-state index in [2.05, 4.69) is 349 Å². The smallest absolute Gasteiger partial charge is 0.166 e. The summed E-state index contributed by atoms with van der Waals surface area (Å²) in [4.78, 5) is 33.4. The molecule has 122 heavy (non-hydrogen) atoms. The lowest BCUT2D eigenvalue weighted by Crippen LogP contribution is -2.04. The molecule has 0 aliphatic carbocycles. The molecule has 566 valence electrons. The van der Waals surface area contributed by atoms with Gasteiger partial charge in [-0.15, -0.1) is 11.3 Å². The Hall–Kier alpha value is -16.3. The molecule has 0 atom stereocenters. The molecule has 0 amide bonds. The van der Waals surface area contributed by atoms with Gasteiger partial charge in [-0.1, -0.05) is 249 Å². The Labute approximate surface area is 699 Å². The lowest BCUT2D eigenvalue weighted by atomic mass is 9.96. The molecular weight excluding hydrogens is 1510 g/mol. The molecule has 0 aliphatic rings. The lowest BCUT2D eigenvalue weighted by molar-refractivity contribution is 0.666. The standard InChI is InChI=1S/C110H62N8O3S/c1-2-22-63(23-3-1)64-28-19-32-73(55-64)106-113-109(116-110(115-106)87-40-21-39-84-81-38-12-17-45-99(81)122-104(84)87)86-52-50-83-90-59-72(47-53-97(90)121-103(83)101(86)118-92-42-14-9-35-77(92)89-58-69-25-5-7-27-71(69)61-94(89)118)66-30-18-29-65(54-66)67-31-20-33-74(56-67)105-111-107(75-46-48-80-78-36-10-15-43-95(78)119-98(80)62-75)114-108(112-105)85-51-49-82-79-37-11-16-44-96(79)120-102(82)100(85)117-91-41-13-8-34-76(91)88-57-68-24-4-6-26-70(68)60-93(88)117/h1-62H. The third kappa shape index (κ3) is 10.6. The SMILES string of the molecule is c1ccc(-c2cccc(-c3nc(-c4ccc5c(oc6ccc(-c7cccc(-c8cccc(-c9nc(-c%10ccc%11c(c%10)oc%10ccccc%10%11)nc(-c%10ccc%11c(oc%12ccccc%12%11)c%10-n%10c%11ccccc%11c%11cc%12ccccc%12cc%11%10)n9)c8)c7)cc65)c4-n4c5ccccc5c5cc6ccccc6cc54)nc(-c4cccc5c4sc4ccccc45)n3)c2)cc1. The van der Waals surface area contributed by atoms with Gasteiger partial charge >= 0.3 is 0 Å². The number of nitrogens with zero attached hydrogens (tertiary/aromatic N) is 8. The molecule has 18 aromatic carbocycles. The van der Waals surface area contributed by atoms with E-state index in [-0.39, 0.29) is 0 Å². The molecule has 0 fully saturated rings. The first-order valence-electron chi connectivity index (χ1n) is 40.9. The maximum absolute atomic E-state index is 7.47. The Morgan fingerprint density at radius 2 is 0.582 bits per heavy atom. The van der Waals surface area contributed by atoms with Gasteiger partial charge in [0.1, 0.15) is 33.7 Å². The van der Waals surface area contributed by atoms with Crippen LogP contribution in [-0.4, -0.2) is 39.0 Å². The van der Waals surface area contributed by atoms with Gasteiger partial charge in [-0.2, -0.15) is 0 Å². The summed E-state index contributed by atoms with van der Waals surface area (Å²) in [5.74, 6) is 3.11. The summed E-state index contributed by atoms with van der Waals surface area (Å²) in [7, 11) is 0. The van der Waals surface area contributed by atoms with E-state index in [0.29, 0.717) is 40.5 Å². The van der Waals surface area contributed by atoms with Crippen LogP contribution in [0.2, 0.25) is 0 Å². The minimum atomic E-state index is 0.479. The van der Waals surface area contributed by atoms with Crippen LogP contribution in [0.3, 0.4) is 0 Å². The van der Waals surface area contributed by atoms with Gasteiger partial charge in [-0.25, -0.2) is 29.9 Å². The predicted molar refractivity (Wildman–Crippen MR) is 501 cm³/mol. The van der Waals surface area contributed by atoms with E-state index >= 15 is 0 Å². The lowest BCUT2D eigenvalue weighted by Gasteiger charge is -2.16. The van der Waals surface area contributed by atoms with Crippen molar-refractivity contribution in [2.75, 3.05) is 0 Å². The molecule has 0 bridgehead atoms. The number of hydrogen-bond acceptors (Lipinski definition) is 10. The van der Waals surface area contributed by atoms with Gasteiger partial charge in [0.25, 0.3) is 0 Å². The van der Waals surface area contributed by atoms with E-state index in [4.69, 9.17) is 43.2 Å². The molecule has 0 spiro atoms. The van der Waals surface area contributed by atoms with Crippen LogP contribution in [0.15, 0.2) is 389 Å². The van der Waals surface area contributed by atoms with Gasteiger partial charge in [0.15, 0.2) is 46.1 Å². The van der Waals surface area contributed by atoms with Crippen molar-refractivity contribution in [2.45, 2.75) is 0 Å². The Morgan fingerprint density at radius 1 is 0.197 bits per heavy atom. The third-order valence-corrected chi connectivity index (χ3v) is 25.8. The summed E-state index contributed by atoms with van der Waals surface area (Å²) in [5.41, 5.74) is 21.4. The molecule has 0 radical (unpaired) electrons. The zero-order valence-corrected chi connectivity index (χ0v) is 65.8. The fourth-order valence-corrected chi connectivity index (χ4v) is 20.1. The van der Waals surface area contributed by atoms with Crippen LogP contribution in [-0.2, 0) is 0 Å². The van der Waals surface area contributed by atoms with Crippen molar-refractivity contribution in [3.05, 3.63) is 376 Å². The van der Waals surface area contributed by atoms with Gasteiger partial charge in [0, 0.05) is 107 Å². The normalized spacial score (nSPS) is 12.1. The number of rotatable bonds is 11. The van der Waals surface area contributed by atoms with E-state index < -0.39 is 0 Å². The molecule has 11 nitrogen and oxygen atoms in total.